The van der Waals surface area contributed by atoms with Crippen LogP contribution in [0.4, 0.5) is 0 Å². The number of aliphatic carboxylic acids is 1. The summed E-state index contributed by atoms with van der Waals surface area (Å²) < 4.78 is 2.19. The molecular formula is C17H23N2NaO3. The van der Waals surface area contributed by atoms with Crippen molar-refractivity contribution in [3.8, 4) is 11.4 Å². The van der Waals surface area contributed by atoms with E-state index < -0.39 is 5.97 Å². The van der Waals surface area contributed by atoms with E-state index in [1.807, 2.05) is 30.6 Å². The van der Waals surface area contributed by atoms with E-state index in [0.29, 0.717) is 6.42 Å². The number of benzene rings is 1. The summed E-state index contributed by atoms with van der Waals surface area (Å²) in [6.07, 6.45) is 9.27. The number of aromatic nitrogens is 2. The largest absolute Gasteiger partial charge is 1.00 e. The van der Waals surface area contributed by atoms with Crippen molar-refractivity contribution < 1.29 is 44.9 Å². The Kier molecular flexibility index (Phi) is 11.7. The standard InChI is InChI=1S/C17H22N2O2.Na.H2O/c20-16(21)11-7-2-1-3-8-13-19-14-12-18-17(19)15-9-5-4-6-10-15;;/h4-6,9-10,12,14H,1-3,7-8,11,13H2,(H,20,21);;1H2/q;+1;/p-1. The molecule has 6 heteroatoms. The van der Waals surface area contributed by atoms with Crippen molar-refractivity contribution in [3.63, 3.8) is 0 Å². The molecule has 5 nitrogen and oxygen atoms in total. The Labute approximate surface area is 159 Å². The molecule has 0 aliphatic rings. The van der Waals surface area contributed by atoms with Gasteiger partial charge in [0.05, 0.1) is 0 Å². The molecule has 0 aliphatic carbocycles. The minimum Gasteiger partial charge on any atom is -0.870 e. The fraction of sp³-hybridized carbons (Fsp3) is 0.412. The van der Waals surface area contributed by atoms with Crippen LogP contribution in [0.5, 0.6) is 0 Å². The molecule has 1 aromatic carbocycles. The van der Waals surface area contributed by atoms with Crippen molar-refractivity contribution in [2.45, 2.75) is 45.1 Å². The molecule has 0 atom stereocenters. The molecule has 0 saturated carbocycles. The SMILES string of the molecule is O=C(O)CCCCCCCn1ccnc1-c1ccccc1.[Na+].[OH-]. The Morgan fingerprint density at radius 2 is 1.70 bits per heavy atom. The number of hydrogen-bond acceptors (Lipinski definition) is 3. The smallest absolute Gasteiger partial charge is 0.870 e. The maximum atomic E-state index is 10.4. The summed E-state index contributed by atoms with van der Waals surface area (Å²) in [5.41, 5.74) is 1.14. The van der Waals surface area contributed by atoms with Crippen LogP contribution in [0.1, 0.15) is 38.5 Å². The van der Waals surface area contributed by atoms with E-state index in [2.05, 4.69) is 21.7 Å². The summed E-state index contributed by atoms with van der Waals surface area (Å²) in [5.74, 6) is 0.322. The first-order valence-electron chi connectivity index (χ1n) is 7.56. The molecule has 0 saturated heterocycles. The quantitative estimate of drug-likeness (QED) is 0.546. The van der Waals surface area contributed by atoms with Crippen LogP contribution in [0.3, 0.4) is 0 Å². The van der Waals surface area contributed by atoms with Gasteiger partial charge in [-0.25, -0.2) is 4.98 Å². The fourth-order valence-electron chi connectivity index (χ4n) is 2.43. The Bertz CT molecular complexity index is 558. The molecule has 2 rings (SSSR count). The second-order valence-corrected chi connectivity index (χ2v) is 5.22. The van der Waals surface area contributed by atoms with Gasteiger partial charge in [0.15, 0.2) is 0 Å². The third-order valence-corrected chi connectivity index (χ3v) is 3.54. The third kappa shape index (κ3) is 7.79. The fourth-order valence-corrected chi connectivity index (χ4v) is 2.43. The molecule has 2 aromatic rings. The Morgan fingerprint density at radius 1 is 1.04 bits per heavy atom. The van der Waals surface area contributed by atoms with E-state index in [0.717, 1.165) is 50.0 Å². The molecular weight excluding hydrogens is 303 g/mol. The first kappa shape index (κ1) is 21.9. The number of imidazole rings is 1. The van der Waals surface area contributed by atoms with E-state index in [4.69, 9.17) is 5.11 Å². The molecule has 0 radical (unpaired) electrons. The summed E-state index contributed by atoms with van der Waals surface area (Å²) in [5, 5.41) is 8.57. The van der Waals surface area contributed by atoms with Crippen molar-refractivity contribution in [2.75, 3.05) is 0 Å². The number of aryl methyl sites for hydroxylation is 1. The number of rotatable bonds is 9. The van der Waals surface area contributed by atoms with E-state index in [1.165, 1.54) is 0 Å². The van der Waals surface area contributed by atoms with Gasteiger partial charge in [-0.1, -0.05) is 49.6 Å². The minimum atomic E-state index is -0.694. The van der Waals surface area contributed by atoms with Gasteiger partial charge in [0, 0.05) is 30.9 Å². The summed E-state index contributed by atoms with van der Waals surface area (Å²) >= 11 is 0. The van der Waals surface area contributed by atoms with Gasteiger partial charge in [0.1, 0.15) is 5.82 Å². The molecule has 1 heterocycles. The van der Waals surface area contributed by atoms with Gasteiger partial charge in [-0.2, -0.15) is 0 Å². The van der Waals surface area contributed by atoms with Crippen LogP contribution in [0.25, 0.3) is 11.4 Å². The zero-order chi connectivity index (χ0) is 14.9. The number of nitrogens with zero attached hydrogens (tertiary/aromatic N) is 2. The van der Waals surface area contributed by atoms with Crippen LogP contribution in [0.15, 0.2) is 42.7 Å². The van der Waals surface area contributed by atoms with Crippen molar-refractivity contribution in [2.24, 2.45) is 0 Å². The monoisotopic (exact) mass is 326 g/mol. The maximum absolute atomic E-state index is 10.4. The topological polar surface area (TPSA) is 85.1 Å². The zero-order valence-corrected chi connectivity index (χ0v) is 15.7. The van der Waals surface area contributed by atoms with Gasteiger partial charge in [-0.3, -0.25) is 4.79 Å². The number of unbranched alkanes of at least 4 members (excludes halogenated alkanes) is 4. The molecule has 0 aliphatic heterocycles. The van der Waals surface area contributed by atoms with Crippen molar-refractivity contribution in [3.05, 3.63) is 42.7 Å². The predicted octanol–water partition coefficient (Wildman–Crippen LogP) is 0.803. The average Bonchev–Trinajstić information content (AvgIpc) is 2.95. The van der Waals surface area contributed by atoms with Gasteiger partial charge in [0.2, 0.25) is 0 Å². The first-order valence-corrected chi connectivity index (χ1v) is 7.56. The molecule has 120 valence electrons. The van der Waals surface area contributed by atoms with Gasteiger partial charge < -0.3 is 15.1 Å². The van der Waals surface area contributed by atoms with E-state index in [-0.39, 0.29) is 35.0 Å². The Morgan fingerprint density at radius 3 is 2.39 bits per heavy atom. The Balaban J connectivity index is 0.00000242. The van der Waals surface area contributed by atoms with Crippen LogP contribution < -0.4 is 29.6 Å². The molecule has 0 fully saturated rings. The van der Waals surface area contributed by atoms with E-state index >= 15 is 0 Å². The second-order valence-electron chi connectivity index (χ2n) is 5.22. The van der Waals surface area contributed by atoms with Crippen LogP contribution in [0.2, 0.25) is 0 Å². The normalized spacial score (nSPS) is 9.74. The molecule has 0 spiro atoms. The second kappa shape index (κ2) is 12.3. The summed E-state index contributed by atoms with van der Waals surface area (Å²) in [4.78, 5) is 14.8. The van der Waals surface area contributed by atoms with Gasteiger partial charge in [-0.15, -0.1) is 0 Å². The minimum absolute atomic E-state index is 0. The van der Waals surface area contributed by atoms with Gasteiger partial charge in [-0.05, 0) is 12.8 Å². The summed E-state index contributed by atoms with van der Waals surface area (Å²) in [6, 6.07) is 10.2. The number of hydrogen-bond donors (Lipinski definition) is 1. The number of carboxylic acid groups (broad SMARTS) is 1. The van der Waals surface area contributed by atoms with E-state index in [1.54, 1.807) is 0 Å². The first-order chi connectivity index (χ1) is 10.3. The molecule has 23 heavy (non-hydrogen) atoms. The van der Waals surface area contributed by atoms with Crippen LogP contribution in [0, 0.1) is 0 Å². The van der Waals surface area contributed by atoms with Crippen molar-refractivity contribution in [1.29, 1.82) is 0 Å². The summed E-state index contributed by atoms with van der Waals surface area (Å²) in [7, 11) is 0. The molecule has 1 aromatic heterocycles. The third-order valence-electron chi connectivity index (χ3n) is 3.54. The predicted molar refractivity (Wildman–Crippen MR) is 84.9 cm³/mol. The average molecular weight is 326 g/mol. The summed E-state index contributed by atoms with van der Waals surface area (Å²) in [6.45, 7) is 0.961. The Hall–Kier alpha value is -1.14. The van der Waals surface area contributed by atoms with Crippen LogP contribution in [-0.4, -0.2) is 26.1 Å². The molecule has 2 N–H and O–H groups in total. The van der Waals surface area contributed by atoms with Gasteiger partial charge in [0.25, 0.3) is 0 Å². The van der Waals surface area contributed by atoms with Crippen molar-refractivity contribution >= 4 is 5.97 Å². The van der Waals surface area contributed by atoms with Crippen LogP contribution >= 0.6 is 0 Å². The zero-order valence-electron chi connectivity index (χ0n) is 13.7. The van der Waals surface area contributed by atoms with Gasteiger partial charge >= 0.3 is 35.5 Å². The molecule has 0 unspecified atom stereocenters. The van der Waals surface area contributed by atoms with E-state index in [9.17, 15) is 4.79 Å². The number of carboxylic acids is 1. The molecule has 0 bridgehead atoms. The van der Waals surface area contributed by atoms with Crippen LogP contribution in [-0.2, 0) is 11.3 Å². The number of carbonyl (C=O) groups is 1. The van der Waals surface area contributed by atoms with Crippen molar-refractivity contribution in [1.82, 2.24) is 9.55 Å². The maximum Gasteiger partial charge on any atom is 1.00 e. The molecule has 0 amide bonds.